The molecule has 164 valence electrons. The molecule has 0 spiro atoms. The molecule has 0 radical (unpaired) electrons. The predicted molar refractivity (Wildman–Crippen MR) is 128 cm³/mol. The minimum Gasteiger partial charge on any atom is -0.386 e. The summed E-state index contributed by atoms with van der Waals surface area (Å²) in [5.41, 5.74) is 12.2. The highest BCUT2D eigenvalue weighted by atomic mass is 79.9. The summed E-state index contributed by atoms with van der Waals surface area (Å²) in [7, 11) is 0.245. The summed E-state index contributed by atoms with van der Waals surface area (Å²) in [6.07, 6.45) is 3.38. The molecular weight excluding hydrogens is 483 g/mol. The van der Waals surface area contributed by atoms with Gasteiger partial charge in [0.2, 0.25) is 0 Å². The zero-order valence-corrected chi connectivity index (χ0v) is 19.8. The number of aliphatic imine (C=N–C) groups is 1. The topological polar surface area (TPSA) is 119 Å². The van der Waals surface area contributed by atoms with Gasteiger partial charge in [-0.25, -0.2) is 9.37 Å². The third kappa shape index (κ3) is 4.76. The Balaban J connectivity index is 0.00000132. The van der Waals surface area contributed by atoms with E-state index >= 15 is 0 Å². The molecule has 0 aliphatic carbocycles. The molecule has 1 aromatic carbocycles. The Morgan fingerprint density at radius 2 is 1.97 bits per heavy atom. The van der Waals surface area contributed by atoms with Crippen molar-refractivity contribution in [3.8, 4) is 0 Å². The summed E-state index contributed by atoms with van der Waals surface area (Å²) >= 11 is 3.41. The molecule has 0 bridgehead atoms. The highest BCUT2D eigenvalue weighted by Crippen LogP contribution is 2.33. The molecule has 31 heavy (non-hydrogen) atoms. The van der Waals surface area contributed by atoms with Crippen LogP contribution in [0.4, 0.5) is 15.9 Å². The third-order valence-corrected chi connectivity index (χ3v) is 7.37. The number of halogens is 2. The Kier molecular flexibility index (Phi) is 7.03. The van der Waals surface area contributed by atoms with Gasteiger partial charge in [-0.05, 0) is 67.2 Å². The number of aromatic nitrogens is 2. The summed E-state index contributed by atoms with van der Waals surface area (Å²) in [4.78, 5) is 13.2. The van der Waals surface area contributed by atoms with Gasteiger partial charge in [-0.3, -0.25) is 14.2 Å². The molecule has 0 saturated heterocycles. The predicted octanol–water partition coefficient (Wildman–Crippen LogP) is 3.79. The van der Waals surface area contributed by atoms with Gasteiger partial charge >= 0.3 is 0 Å². The van der Waals surface area contributed by atoms with Gasteiger partial charge in [0.25, 0.3) is 0 Å². The number of fused-ring (bicyclic) bond motifs is 1. The molecule has 1 aliphatic heterocycles. The summed E-state index contributed by atoms with van der Waals surface area (Å²) in [5.74, 6) is 0.636. The molecule has 1 aliphatic rings. The van der Waals surface area contributed by atoms with Gasteiger partial charge in [0, 0.05) is 44.3 Å². The van der Waals surface area contributed by atoms with Gasteiger partial charge in [-0.15, -0.1) is 0 Å². The number of amidine groups is 1. The lowest BCUT2D eigenvalue weighted by Gasteiger charge is -2.31. The lowest BCUT2D eigenvalue weighted by molar-refractivity contribution is 0.588. The summed E-state index contributed by atoms with van der Waals surface area (Å²) in [6.45, 7) is 3.56. The van der Waals surface area contributed by atoms with Crippen LogP contribution >= 0.6 is 15.9 Å². The van der Waals surface area contributed by atoms with Gasteiger partial charge in [-0.2, -0.15) is 0 Å². The molecule has 3 heterocycles. The van der Waals surface area contributed by atoms with Gasteiger partial charge < -0.3 is 16.8 Å². The molecule has 2 unspecified atom stereocenters. The fourth-order valence-electron chi connectivity index (χ4n) is 3.13. The number of nitrogens with zero attached hydrogens (tertiary/aromatic N) is 3. The summed E-state index contributed by atoms with van der Waals surface area (Å²) < 4.78 is 27.3. The largest absolute Gasteiger partial charge is 0.386 e. The molecular formula is C21H24BrFN6OS. The highest BCUT2D eigenvalue weighted by molar-refractivity contribution is 9.10. The minimum atomic E-state index is -1.25. The van der Waals surface area contributed by atoms with Crippen molar-refractivity contribution in [1.82, 2.24) is 9.97 Å². The number of nitrogens with two attached hydrogens (primary N) is 2. The standard InChI is InChI=1S/C20H19BrFN5OS.CH5N/c1-20(2)19(23)27-16(10-29(20)28)14-8-13(3-4-15(14)22)26-18-17-11(5-6-24-18)7-12(21)9-25-17;1-2/h3-9,16H,10H2,1-2H3,(H2,23,27)(H,24,26);2H2,1H3. The number of pyridine rings is 2. The second kappa shape index (κ2) is 9.37. The van der Waals surface area contributed by atoms with Crippen LogP contribution in [0.25, 0.3) is 10.9 Å². The first-order valence-electron chi connectivity index (χ1n) is 9.52. The van der Waals surface area contributed by atoms with Crippen LogP contribution in [0.3, 0.4) is 0 Å². The fraction of sp³-hybridized carbons (Fsp3) is 0.286. The van der Waals surface area contributed by atoms with Gasteiger partial charge in [0.15, 0.2) is 5.82 Å². The fourth-order valence-corrected chi connectivity index (χ4v) is 4.72. The lowest BCUT2D eigenvalue weighted by Crippen LogP contribution is -2.47. The van der Waals surface area contributed by atoms with Crippen LogP contribution in [-0.2, 0) is 10.8 Å². The van der Waals surface area contributed by atoms with E-state index in [9.17, 15) is 8.60 Å². The maximum atomic E-state index is 14.6. The van der Waals surface area contributed by atoms with E-state index in [1.807, 2.05) is 12.1 Å². The normalized spacial score (nSPS) is 19.9. The monoisotopic (exact) mass is 506 g/mol. The van der Waals surface area contributed by atoms with E-state index in [0.717, 1.165) is 9.86 Å². The summed E-state index contributed by atoms with van der Waals surface area (Å²) in [5, 5.41) is 4.12. The molecule has 5 N–H and O–H groups in total. The minimum absolute atomic E-state index is 0.218. The maximum absolute atomic E-state index is 14.6. The number of rotatable bonds is 3. The van der Waals surface area contributed by atoms with Crippen molar-refractivity contribution in [1.29, 1.82) is 0 Å². The first-order chi connectivity index (χ1) is 14.8. The Hall–Kier alpha value is -2.43. The molecule has 0 saturated carbocycles. The van der Waals surface area contributed by atoms with E-state index in [-0.39, 0.29) is 11.6 Å². The maximum Gasteiger partial charge on any atom is 0.156 e. The first kappa shape index (κ1) is 23.2. The zero-order valence-electron chi connectivity index (χ0n) is 17.4. The molecule has 4 rings (SSSR count). The molecule has 0 fully saturated rings. The van der Waals surface area contributed by atoms with Crippen molar-refractivity contribution >= 4 is 55.0 Å². The van der Waals surface area contributed by atoms with Crippen molar-refractivity contribution < 1.29 is 8.60 Å². The Morgan fingerprint density at radius 3 is 2.68 bits per heavy atom. The van der Waals surface area contributed by atoms with E-state index in [4.69, 9.17) is 5.73 Å². The Bertz CT molecular complexity index is 1170. The molecule has 10 heteroatoms. The van der Waals surface area contributed by atoms with Gasteiger partial charge in [-0.1, -0.05) is 0 Å². The number of anilines is 2. The number of hydrogen-bond donors (Lipinski definition) is 3. The number of nitrogens with one attached hydrogen (secondary N) is 1. The zero-order chi connectivity index (χ0) is 22.8. The first-order valence-corrected chi connectivity index (χ1v) is 11.6. The molecule has 2 atom stereocenters. The third-order valence-electron chi connectivity index (χ3n) is 4.97. The van der Waals surface area contributed by atoms with E-state index in [2.05, 4.69) is 41.9 Å². The molecule has 2 aromatic heterocycles. The van der Waals surface area contributed by atoms with Crippen molar-refractivity contribution in [3.05, 3.63) is 58.6 Å². The second-order valence-corrected chi connectivity index (χ2v) is 10.3. The number of benzene rings is 1. The number of hydrogen-bond acceptors (Lipinski definition) is 7. The summed E-state index contributed by atoms with van der Waals surface area (Å²) in [6, 6.07) is 7.86. The quantitative estimate of drug-likeness (QED) is 0.497. The van der Waals surface area contributed by atoms with Crippen molar-refractivity contribution in [2.24, 2.45) is 16.5 Å². The lowest BCUT2D eigenvalue weighted by atomic mass is 10.1. The smallest absolute Gasteiger partial charge is 0.156 e. The van der Waals surface area contributed by atoms with Gasteiger partial charge in [0.1, 0.15) is 17.2 Å². The van der Waals surface area contributed by atoms with Crippen molar-refractivity contribution in [2.45, 2.75) is 24.6 Å². The Labute approximate surface area is 191 Å². The van der Waals surface area contributed by atoms with E-state index < -0.39 is 27.4 Å². The molecule has 0 amide bonds. The Morgan fingerprint density at radius 1 is 1.23 bits per heavy atom. The highest BCUT2D eigenvalue weighted by Gasteiger charge is 2.37. The van der Waals surface area contributed by atoms with Crippen molar-refractivity contribution in [2.75, 3.05) is 18.1 Å². The molecule has 3 aromatic rings. The average molecular weight is 507 g/mol. The van der Waals surface area contributed by atoms with Crippen LogP contribution in [0.15, 0.2) is 52.2 Å². The van der Waals surface area contributed by atoms with Crippen molar-refractivity contribution in [3.63, 3.8) is 0 Å². The van der Waals surface area contributed by atoms with Crippen LogP contribution < -0.4 is 16.8 Å². The molecule has 7 nitrogen and oxygen atoms in total. The van der Waals surface area contributed by atoms with Crippen LogP contribution in [0.2, 0.25) is 0 Å². The van der Waals surface area contributed by atoms with Crippen LogP contribution in [0, 0.1) is 5.82 Å². The van der Waals surface area contributed by atoms with Gasteiger partial charge in [0.05, 0.1) is 16.5 Å². The van der Waals surface area contributed by atoms with E-state index in [0.29, 0.717) is 22.6 Å². The SMILES string of the molecule is CC1(C)C(N)=NC(c2cc(Nc3nccc4cc(Br)cnc34)ccc2F)CS1=O.CN. The van der Waals surface area contributed by atoms with E-state index in [1.165, 1.54) is 13.1 Å². The average Bonchev–Trinajstić information content (AvgIpc) is 2.75. The van der Waals surface area contributed by atoms with E-state index in [1.54, 1.807) is 38.4 Å². The second-order valence-electron chi connectivity index (χ2n) is 7.30. The van der Waals surface area contributed by atoms with Crippen LogP contribution in [0.1, 0.15) is 25.5 Å². The van der Waals surface area contributed by atoms with Crippen LogP contribution in [0.5, 0.6) is 0 Å². The van der Waals surface area contributed by atoms with Crippen LogP contribution in [-0.4, -0.2) is 37.6 Å².